The molecule has 2 heteroatoms. The Kier molecular flexibility index (Phi) is 2.60. The van der Waals surface area contributed by atoms with Crippen molar-refractivity contribution in [2.45, 2.75) is 13.8 Å². The van der Waals surface area contributed by atoms with E-state index in [1.165, 1.54) is 31.3 Å². The largest absolute Gasteiger partial charge is 0.399 e. The summed E-state index contributed by atoms with van der Waals surface area (Å²) in [5.41, 5.74) is 9.34. The fraction of sp³-hybridized carbons (Fsp3) is 0.125. The Morgan fingerprint density at radius 2 is 1.89 bits per heavy atom. The predicted molar refractivity (Wildman–Crippen MR) is 83.2 cm³/mol. The van der Waals surface area contributed by atoms with Gasteiger partial charge in [-0.3, -0.25) is 0 Å². The molecule has 0 aliphatic heterocycles. The Hall–Kier alpha value is -1.80. The van der Waals surface area contributed by atoms with Crippen LogP contribution in [-0.2, 0) is 0 Å². The molecule has 0 aliphatic rings. The average Bonchev–Trinajstić information content (AvgIpc) is 2.70. The van der Waals surface area contributed by atoms with E-state index in [1.807, 2.05) is 17.4 Å². The van der Waals surface area contributed by atoms with Crippen molar-refractivity contribution in [1.82, 2.24) is 0 Å². The highest BCUT2D eigenvalue weighted by Crippen LogP contribution is 2.38. The summed E-state index contributed by atoms with van der Waals surface area (Å²) in [5.74, 6) is 0. The zero-order valence-corrected chi connectivity index (χ0v) is 11.3. The number of thiophene rings is 1. The van der Waals surface area contributed by atoms with Gasteiger partial charge in [-0.15, -0.1) is 11.3 Å². The number of anilines is 1. The summed E-state index contributed by atoms with van der Waals surface area (Å²) in [5, 5.41) is 2.63. The molecule has 0 atom stereocenters. The first-order valence-corrected chi connectivity index (χ1v) is 6.86. The van der Waals surface area contributed by atoms with Gasteiger partial charge in [-0.25, -0.2) is 0 Å². The molecule has 0 spiro atoms. The third-order valence-electron chi connectivity index (χ3n) is 3.26. The monoisotopic (exact) mass is 253 g/mol. The van der Waals surface area contributed by atoms with Gasteiger partial charge in [-0.1, -0.05) is 30.4 Å². The number of aryl methyl sites for hydroxylation is 1. The molecular formula is C16H15NS. The van der Waals surface area contributed by atoms with Gasteiger partial charge in [0.05, 0.1) is 0 Å². The Morgan fingerprint density at radius 3 is 2.67 bits per heavy atom. The lowest BCUT2D eigenvalue weighted by Crippen LogP contribution is -1.81. The van der Waals surface area contributed by atoms with Crippen LogP contribution in [0.3, 0.4) is 0 Å². The topological polar surface area (TPSA) is 26.0 Å². The maximum absolute atomic E-state index is 5.87. The van der Waals surface area contributed by atoms with Gasteiger partial charge in [-0.2, -0.15) is 0 Å². The molecule has 0 unspecified atom stereocenters. The summed E-state index contributed by atoms with van der Waals surface area (Å²) < 4.78 is 2.62. The van der Waals surface area contributed by atoms with E-state index in [0.29, 0.717) is 0 Å². The quantitative estimate of drug-likeness (QED) is 0.608. The molecule has 0 fully saturated rings. The molecular weight excluding hydrogens is 238 g/mol. The molecule has 0 aliphatic carbocycles. The van der Waals surface area contributed by atoms with Crippen molar-refractivity contribution in [2.75, 3.05) is 5.73 Å². The van der Waals surface area contributed by atoms with E-state index in [0.717, 1.165) is 5.69 Å². The normalized spacial score (nSPS) is 11.9. The van der Waals surface area contributed by atoms with Gasteiger partial charge < -0.3 is 5.73 Å². The van der Waals surface area contributed by atoms with Crippen LogP contribution in [0.1, 0.15) is 18.1 Å². The standard InChI is InChI=1S/C16H15NS/c1-3-4-12-10(2)5-7-14-13-8-6-11(17)9-15(13)18-16(12)14/h3-9H,17H2,1-2H3/b4-3-. The Labute approximate surface area is 111 Å². The van der Waals surface area contributed by atoms with E-state index in [4.69, 9.17) is 5.73 Å². The second-order valence-electron chi connectivity index (χ2n) is 4.53. The number of fused-ring (bicyclic) bond motifs is 3. The fourth-order valence-electron chi connectivity index (χ4n) is 2.35. The molecule has 1 aromatic heterocycles. The minimum Gasteiger partial charge on any atom is -0.399 e. The highest BCUT2D eigenvalue weighted by atomic mass is 32.1. The van der Waals surface area contributed by atoms with E-state index in [2.05, 4.69) is 50.3 Å². The van der Waals surface area contributed by atoms with Crippen molar-refractivity contribution in [3.8, 4) is 0 Å². The van der Waals surface area contributed by atoms with E-state index >= 15 is 0 Å². The lowest BCUT2D eigenvalue weighted by molar-refractivity contribution is 1.49. The van der Waals surface area contributed by atoms with Gasteiger partial charge in [0.15, 0.2) is 0 Å². The number of hydrogen-bond donors (Lipinski definition) is 1. The van der Waals surface area contributed by atoms with E-state index < -0.39 is 0 Å². The van der Waals surface area contributed by atoms with Crippen LogP contribution < -0.4 is 5.73 Å². The summed E-state index contributed by atoms with van der Waals surface area (Å²) in [7, 11) is 0. The molecule has 0 radical (unpaired) electrons. The van der Waals surface area contributed by atoms with Crippen LogP contribution in [0.5, 0.6) is 0 Å². The third kappa shape index (κ3) is 1.61. The summed E-state index contributed by atoms with van der Waals surface area (Å²) in [6, 6.07) is 10.6. The van der Waals surface area contributed by atoms with Crippen molar-refractivity contribution in [3.05, 3.63) is 47.5 Å². The molecule has 1 nitrogen and oxygen atoms in total. The number of hydrogen-bond acceptors (Lipinski definition) is 2. The number of nitrogens with two attached hydrogens (primary N) is 1. The zero-order valence-electron chi connectivity index (χ0n) is 10.5. The van der Waals surface area contributed by atoms with Crippen LogP contribution in [0.25, 0.3) is 26.2 Å². The number of rotatable bonds is 1. The summed E-state index contributed by atoms with van der Waals surface area (Å²) >= 11 is 1.83. The Bertz CT molecular complexity index is 765. The first kappa shape index (κ1) is 11.3. The lowest BCUT2D eigenvalue weighted by Gasteiger charge is -2.01. The predicted octanol–water partition coefficient (Wildman–Crippen LogP) is 4.98. The zero-order chi connectivity index (χ0) is 12.7. The van der Waals surface area contributed by atoms with Crippen molar-refractivity contribution >= 4 is 43.3 Å². The van der Waals surface area contributed by atoms with Gasteiger partial charge >= 0.3 is 0 Å². The van der Waals surface area contributed by atoms with Gasteiger partial charge in [0.25, 0.3) is 0 Å². The molecule has 0 saturated carbocycles. The molecule has 0 bridgehead atoms. The second kappa shape index (κ2) is 4.14. The summed E-state index contributed by atoms with van der Waals surface area (Å²) in [4.78, 5) is 0. The minimum atomic E-state index is 0.832. The highest BCUT2D eigenvalue weighted by Gasteiger charge is 2.09. The van der Waals surface area contributed by atoms with Crippen molar-refractivity contribution in [2.24, 2.45) is 0 Å². The second-order valence-corrected chi connectivity index (χ2v) is 5.58. The molecule has 0 amide bonds. The molecule has 2 aromatic carbocycles. The van der Waals surface area contributed by atoms with Crippen LogP contribution >= 0.6 is 11.3 Å². The summed E-state index contributed by atoms with van der Waals surface area (Å²) in [6.07, 6.45) is 4.29. The SMILES string of the molecule is C/C=C\c1c(C)ccc2c1sc1cc(N)ccc12. The van der Waals surface area contributed by atoms with Crippen LogP contribution in [0.2, 0.25) is 0 Å². The van der Waals surface area contributed by atoms with Crippen molar-refractivity contribution < 1.29 is 0 Å². The van der Waals surface area contributed by atoms with E-state index in [-0.39, 0.29) is 0 Å². The fourth-order valence-corrected chi connectivity index (χ4v) is 3.68. The van der Waals surface area contributed by atoms with Gasteiger partial charge in [0.1, 0.15) is 0 Å². The first-order valence-electron chi connectivity index (χ1n) is 6.04. The number of nitrogen functional groups attached to an aromatic ring is 1. The summed E-state index contributed by atoms with van der Waals surface area (Å²) in [6.45, 7) is 4.22. The van der Waals surface area contributed by atoms with Crippen molar-refractivity contribution in [3.63, 3.8) is 0 Å². The molecule has 90 valence electrons. The molecule has 1 heterocycles. The van der Waals surface area contributed by atoms with E-state index in [9.17, 15) is 0 Å². The van der Waals surface area contributed by atoms with Gasteiger partial charge in [-0.05, 0) is 37.1 Å². The van der Waals surface area contributed by atoms with Gasteiger partial charge in [0.2, 0.25) is 0 Å². The first-order chi connectivity index (χ1) is 8.70. The Balaban J connectivity index is 2.48. The van der Waals surface area contributed by atoms with Crippen LogP contribution in [0, 0.1) is 6.92 Å². The third-order valence-corrected chi connectivity index (χ3v) is 4.46. The Morgan fingerprint density at radius 1 is 1.11 bits per heavy atom. The molecule has 2 N–H and O–H groups in total. The van der Waals surface area contributed by atoms with Crippen LogP contribution in [0.4, 0.5) is 5.69 Å². The maximum atomic E-state index is 5.87. The van der Waals surface area contributed by atoms with E-state index in [1.54, 1.807) is 0 Å². The molecule has 3 aromatic rings. The maximum Gasteiger partial charge on any atom is 0.0430 e. The molecule has 18 heavy (non-hydrogen) atoms. The van der Waals surface area contributed by atoms with Crippen molar-refractivity contribution in [1.29, 1.82) is 0 Å². The number of allylic oxidation sites excluding steroid dienone is 1. The molecule has 0 saturated heterocycles. The number of benzene rings is 2. The smallest absolute Gasteiger partial charge is 0.0430 e. The van der Waals surface area contributed by atoms with Crippen LogP contribution in [-0.4, -0.2) is 0 Å². The highest BCUT2D eigenvalue weighted by molar-refractivity contribution is 7.26. The lowest BCUT2D eigenvalue weighted by atomic mass is 10.0. The minimum absolute atomic E-state index is 0.832. The molecule has 3 rings (SSSR count). The average molecular weight is 253 g/mol. The van der Waals surface area contributed by atoms with Crippen LogP contribution in [0.15, 0.2) is 36.4 Å². The van der Waals surface area contributed by atoms with Gasteiger partial charge in [0, 0.05) is 25.9 Å².